The summed E-state index contributed by atoms with van der Waals surface area (Å²) in [7, 11) is 0. The van der Waals surface area contributed by atoms with E-state index in [2.05, 4.69) is 37.9 Å². The summed E-state index contributed by atoms with van der Waals surface area (Å²) < 4.78 is 0. The number of benzene rings is 2. The molecule has 2 aromatic carbocycles. The van der Waals surface area contributed by atoms with Gasteiger partial charge in [0.25, 0.3) is 5.91 Å². The molecule has 3 aliphatic heterocycles. The number of piperidine rings is 2. The number of carbonyl (C=O) groups excluding carboxylic acids is 2. The van der Waals surface area contributed by atoms with E-state index in [1.807, 2.05) is 36.4 Å². The fourth-order valence-corrected chi connectivity index (χ4v) is 6.90. The van der Waals surface area contributed by atoms with Gasteiger partial charge in [0, 0.05) is 47.7 Å². The van der Waals surface area contributed by atoms with Gasteiger partial charge >= 0.3 is 6.03 Å². The summed E-state index contributed by atoms with van der Waals surface area (Å²) in [5.74, 6) is -0.0239. The molecule has 3 heterocycles. The Bertz CT molecular complexity index is 1210. The Morgan fingerprint density at radius 1 is 0.825 bits per heavy atom. The quantitative estimate of drug-likeness (QED) is 0.458. The van der Waals surface area contributed by atoms with Crippen LogP contribution >= 0.6 is 0 Å². The lowest BCUT2D eigenvalue weighted by Gasteiger charge is -2.41. The van der Waals surface area contributed by atoms with Crippen molar-refractivity contribution in [3.8, 4) is 0 Å². The molecule has 4 aliphatic rings. The Morgan fingerprint density at radius 2 is 1.52 bits per heavy atom. The van der Waals surface area contributed by atoms with E-state index in [9.17, 15) is 9.59 Å². The molecule has 2 aromatic rings. The lowest BCUT2D eigenvalue weighted by molar-refractivity contribution is -0.117. The van der Waals surface area contributed by atoms with Crippen molar-refractivity contribution in [2.75, 3.05) is 41.7 Å². The monoisotopic (exact) mass is 542 g/mol. The molecule has 212 valence electrons. The summed E-state index contributed by atoms with van der Waals surface area (Å²) >= 11 is 0. The number of hydrogen-bond acceptors (Lipinski definition) is 5. The Balaban J connectivity index is 1.07. The molecule has 3 N–H and O–H groups in total. The van der Waals surface area contributed by atoms with Crippen LogP contribution in [0, 0.1) is 5.92 Å². The van der Waals surface area contributed by atoms with Crippen molar-refractivity contribution in [2.24, 2.45) is 10.9 Å². The predicted octanol–water partition coefficient (Wildman–Crippen LogP) is 5.61. The van der Waals surface area contributed by atoms with E-state index < -0.39 is 12.2 Å². The SMILES string of the molecule is O=C(Nc1ccc(N2CCC(N3CCCCC3)CC2)cc1)NC1N=C(C2CCCCC2)c2ccccc2NC1=O. The van der Waals surface area contributed by atoms with E-state index >= 15 is 0 Å². The minimum absolute atomic E-state index is 0.299. The summed E-state index contributed by atoms with van der Waals surface area (Å²) in [5, 5.41) is 8.69. The van der Waals surface area contributed by atoms with Crippen LogP contribution in [0.15, 0.2) is 53.5 Å². The first kappa shape index (κ1) is 26.8. The Kier molecular flexibility index (Phi) is 8.32. The molecule has 1 aliphatic carbocycles. The molecule has 1 unspecified atom stereocenters. The number of nitrogens with zero attached hydrogens (tertiary/aromatic N) is 3. The maximum absolute atomic E-state index is 13.1. The number of urea groups is 1. The summed E-state index contributed by atoms with van der Waals surface area (Å²) in [6.45, 7) is 4.65. The largest absolute Gasteiger partial charge is 0.371 e. The van der Waals surface area contributed by atoms with Gasteiger partial charge < -0.3 is 25.8 Å². The molecular formula is C32H42N6O2. The number of carbonyl (C=O) groups is 2. The lowest BCUT2D eigenvalue weighted by atomic mass is 9.83. The van der Waals surface area contributed by atoms with Gasteiger partial charge in [0.15, 0.2) is 0 Å². The smallest absolute Gasteiger partial charge is 0.321 e. The molecule has 0 spiro atoms. The Labute approximate surface area is 237 Å². The topological polar surface area (TPSA) is 89.1 Å². The van der Waals surface area contributed by atoms with Crippen LogP contribution in [0.5, 0.6) is 0 Å². The van der Waals surface area contributed by atoms with Crippen LogP contribution in [0.2, 0.25) is 0 Å². The van der Waals surface area contributed by atoms with Gasteiger partial charge in [-0.3, -0.25) is 9.79 Å². The van der Waals surface area contributed by atoms with Crippen molar-refractivity contribution >= 4 is 34.7 Å². The molecule has 6 rings (SSSR count). The molecule has 1 atom stereocenters. The molecular weight excluding hydrogens is 500 g/mol. The van der Waals surface area contributed by atoms with Crippen molar-refractivity contribution in [3.05, 3.63) is 54.1 Å². The van der Waals surface area contributed by atoms with E-state index in [0.717, 1.165) is 61.8 Å². The predicted molar refractivity (Wildman–Crippen MR) is 161 cm³/mol. The Hall–Kier alpha value is -3.39. The molecule has 8 nitrogen and oxygen atoms in total. The first-order valence-electron chi connectivity index (χ1n) is 15.3. The van der Waals surface area contributed by atoms with Gasteiger partial charge in [-0.1, -0.05) is 43.9 Å². The number of amides is 3. The minimum Gasteiger partial charge on any atom is -0.371 e. The third-order valence-electron chi connectivity index (χ3n) is 9.10. The number of hydrogen-bond donors (Lipinski definition) is 3. The van der Waals surface area contributed by atoms with Gasteiger partial charge in [0.1, 0.15) is 0 Å². The average molecular weight is 543 g/mol. The van der Waals surface area contributed by atoms with Crippen LogP contribution in [-0.2, 0) is 4.79 Å². The van der Waals surface area contributed by atoms with E-state index in [1.165, 1.54) is 57.3 Å². The minimum atomic E-state index is -0.982. The molecule has 0 bridgehead atoms. The standard InChI is InChI=1S/C32H42N6O2/c39-31-30(35-29(23-9-3-1-4-10-23)27-11-5-6-12-28(27)34-31)36-32(40)33-24-13-15-25(16-14-24)38-21-17-26(18-22-38)37-19-7-2-8-20-37/h5-6,11-16,23,26,30H,1-4,7-10,17-22H2,(H,34,39)(H2,33,36,40). The van der Waals surface area contributed by atoms with Crippen LogP contribution in [-0.4, -0.2) is 60.9 Å². The highest BCUT2D eigenvalue weighted by molar-refractivity contribution is 6.13. The van der Waals surface area contributed by atoms with Crippen molar-refractivity contribution in [3.63, 3.8) is 0 Å². The Morgan fingerprint density at radius 3 is 2.27 bits per heavy atom. The molecule has 3 fully saturated rings. The summed E-state index contributed by atoms with van der Waals surface area (Å²) in [6.07, 6.45) is 11.2. The zero-order valence-electron chi connectivity index (χ0n) is 23.4. The average Bonchev–Trinajstić information content (AvgIpc) is 3.14. The number of benzodiazepines with no additional fused rings is 1. The number of para-hydroxylation sites is 1. The van der Waals surface area contributed by atoms with E-state index in [4.69, 9.17) is 4.99 Å². The second-order valence-corrected chi connectivity index (χ2v) is 11.7. The first-order chi connectivity index (χ1) is 19.6. The number of fused-ring (bicyclic) bond motifs is 1. The molecule has 40 heavy (non-hydrogen) atoms. The molecule has 3 amide bonds. The third-order valence-corrected chi connectivity index (χ3v) is 9.10. The molecule has 1 saturated carbocycles. The maximum Gasteiger partial charge on any atom is 0.321 e. The van der Waals surface area contributed by atoms with Crippen LogP contribution in [0.25, 0.3) is 0 Å². The molecule has 0 radical (unpaired) electrons. The van der Waals surface area contributed by atoms with Crippen LogP contribution in [0.3, 0.4) is 0 Å². The summed E-state index contributed by atoms with van der Waals surface area (Å²) in [6, 6.07) is 16.1. The molecule has 0 aromatic heterocycles. The summed E-state index contributed by atoms with van der Waals surface area (Å²) in [5.41, 5.74) is 4.52. The number of rotatable bonds is 5. The van der Waals surface area contributed by atoms with Crippen LogP contribution < -0.4 is 20.9 Å². The fourth-order valence-electron chi connectivity index (χ4n) is 6.90. The normalized spacial score (nSPS) is 23.0. The van der Waals surface area contributed by atoms with Gasteiger partial charge in [0.2, 0.25) is 6.17 Å². The van der Waals surface area contributed by atoms with Crippen molar-refractivity contribution < 1.29 is 9.59 Å². The second-order valence-electron chi connectivity index (χ2n) is 11.7. The number of aliphatic imine (C=N–C) groups is 1. The first-order valence-corrected chi connectivity index (χ1v) is 15.3. The van der Waals surface area contributed by atoms with Gasteiger partial charge in [-0.2, -0.15) is 0 Å². The number of nitrogens with one attached hydrogen (secondary N) is 3. The zero-order chi connectivity index (χ0) is 27.3. The van der Waals surface area contributed by atoms with Gasteiger partial charge in [-0.05, 0) is 81.9 Å². The van der Waals surface area contributed by atoms with E-state index in [1.54, 1.807) is 0 Å². The highest BCUT2D eigenvalue weighted by atomic mass is 16.2. The van der Waals surface area contributed by atoms with E-state index in [0.29, 0.717) is 11.6 Å². The molecule has 8 heteroatoms. The van der Waals surface area contributed by atoms with Crippen LogP contribution in [0.1, 0.15) is 69.8 Å². The van der Waals surface area contributed by atoms with Crippen LogP contribution in [0.4, 0.5) is 21.9 Å². The summed E-state index contributed by atoms with van der Waals surface area (Å²) in [4.78, 5) is 36.0. The zero-order valence-corrected chi connectivity index (χ0v) is 23.4. The molecule has 2 saturated heterocycles. The fraction of sp³-hybridized carbons (Fsp3) is 0.531. The third kappa shape index (κ3) is 6.17. The second kappa shape index (κ2) is 12.4. The highest BCUT2D eigenvalue weighted by Gasteiger charge is 2.31. The number of likely N-dealkylation sites (tertiary alicyclic amines) is 1. The van der Waals surface area contributed by atoms with Gasteiger partial charge in [-0.15, -0.1) is 0 Å². The van der Waals surface area contributed by atoms with Gasteiger partial charge in [-0.25, -0.2) is 4.79 Å². The lowest BCUT2D eigenvalue weighted by Crippen LogP contribution is -2.46. The number of anilines is 3. The van der Waals surface area contributed by atoms with Crippen molar-refractivity contribution in [1.29, 1.82) is 0 Å². The highest BCUT2D eigenvalue weighted by Crippen LogP contribution is 2.32. The van der Waals surface area contributed by atoms with E-state index in [-0.39, 0.29) is 5.91 Å². The maximum atomic E-state index is 13.1. The van der Waals surface area contributed by atoms with Crippen molar-refractivity contribution in [2.45, 2.75) is 76.4 Å². The van der Waals surface area contributed by atoms with Crippen molar-refractivity contribution in [1.82, 2.24) is 10.2 Å². The van der Waals surface area contributed by atoms with Gasteiger partial charge in [0.05, 0.1) is 5.71 Å².